The Morgan fingerprint density at radius 2 is 1.67 bits per heavy atom. The Balaban J connectivity index is 1.83. The van der Waals surface area contributed by atoms with Gasteiger partial charge in [0.05, 0.1) is 17.7 Å². The number of benzene rings is 2. The fraction of sp³-hybridized carbons (Fsp3) is 0.333. The lowest BCUT2D eigenvalue weighted by atomic mass is 10.2. The van der Waals surface area contributed by atoms with Crippen LogP contribution in [-0.4, -0.2) is 44.8 Å². The van der Waals surface area contributed by atoms with Gasteiger partial charge in [0, 0.05) is 25.6 Å². The molecule has 0 aromatic heterocycles. The van der Waals surface area contributed by atoms with Crippen LogP contribution in [-0.2, 0) is 14.8 Å². The van der Waals surface area contributed by atoms with E-state index in [0.717, 1.165) is 19.3 Å². The van der Waals surface area contributed by atoms with Crippen LogP contribution in [0.1, 0.15) is 36.5 Å². The summed E-state index contributed by atoms with van der Waals surface area (Å²) in [5.74, 6) is -0.234. The maximum absolute atomic E-state index is 13.0. The van der Waals surface area contributed by atoms with Gasteiger partial charge in [-0.25, -0.2) is 8.42 Å². The number of hydrogen-bond acceptors (Lipinski definition) is 6. The van der Waals surface area contributed by atoms with Crippen molar-refractivity contribution in [3.8, 4) is 11.5 Å². The van der Waals surface area contributed by atoms with Crippen molar-refractivity contribution in [1.82, 2.24) is 4.31 Å². The molecule has 2 aromatic carbocycles. The molecule has 0 unspecified atom stereocenters. The normalized spacial score (nSPS) is 14.7. The summed E-state index contributed by atoms with van der Waals surface area (Å²) >= 11 is 0. The number of esters is 1. The van der Waals surface area contributed by atoms with Crippen molar-refractivity contribution in [2.45, 2.75) is 31.1 Å². The van der Waals surface area contributed by atoms with Crippen LogP contribution in [0.4, 0.5) is 5.69 Å². The number of nitrogens with zero attached hydrogens (tertiary/aromatic N) is 1. The number of methoxy groups -OCH3 is 1. The lowest BCUT2D eigenvalue weighted by Gasteiger charge is -2.26. The topological polar surface area (TPSA) is 102 Å². The fourth-order valence-corrected chi connectivity index (χ4v) is 4.78. The molecule has 160 valence electrons. The Labute approximate surface area is 175 Å². The van der Waals surface area contributed by atoms with Gasteiger partial charge in [-0.15, -0.1) is 0 Å². The molecule has 2 aromatic rings. The quantitative estimate of drug-likeness (QED) is 0.556. The van der Waals surface area contributed by atoms with E-state index in [1.54, 1.807) is 0 Å². The summed E-state index contributed by atoms with van der Waals surface area (Å²) in [5.41, 5.74) is 0.571. The van der Waals surface area contributed by atoms with E-state index < -0.39 is 21.9 Å². The summed E-state index contributed by atoms with van der Waals surface area (Å²) < 4.78 is 37.6. The third-order valence-corrected chi connectivity index (χ3v) is 6.64. The highest BCUT2D eigenvalue weighted by atomic mass is 32.2. The number of amides is 1. The molecule has 0 bridgehead atoms. The average molecular weight is 432 g/mol. The Morgan fingerprint density at radius 3 is 2.27 bits per heavy atom. The maximum Gasteiger partial charge on any atom is 0.308 e. The first-order chi connectivity index (χ1) is 14.3. The second kappa shape index (κ2) is 9.27. The molecule has 3 rings (SSSR count). The number of carbonyl (C=O) groups excluding carboxylic acids is 2. The van der Waals surface area contributed by atoms with Crippen LogP contribution in [0, 0.1) is 0 Å². The lowest BCUT2D eigenvalue weighted by Crippen LogP contribution is -2.35. The van der Waals surface area contributed by atoms with Crippen molar-refractivity contribution in [3.63, 3.8) is 0 Å². The zero-order valence-electron chi connectivity index (χ0n) is 16.9. The van der Waals surface area contributed by atoms with E-state index in [-0.39, 0.29) is 10.6 Å². The summed E-state index contributed by atoms with van der Waals surface area (Å²) in [6, 6.07) is 10.4. The number of ether oxygens (including phenoxy) is 2. The number of rotatable bonds is 6. The van der Waals surface area contributed by atoms with Crippen molar-refractivity contribution in [2.75, 3.05) is 25.5 Å². The molecule has 1 heterocycles. The zero-order valence-corrected chi connectivity index (χ0v) is 17.7. The SMILES string of the molecule is COc1ccc(S(=O)(=O)N2CCCCC2)cc1NC(=O)c1ccc(OC(C)=O)cc1. The molecule has 1 saturated heterocycles. The molecule has 0 spiro atoms. The van der Waals surface area contributed by atoms with Crippen LogP contribution in [0.2, 0.25) is 0 Å². The van der Waals surface area contributed by atoms with E-state index in [4.69, 9.17) is 9.47 Å². The van der Waals surface area contributed by atoms with Gasteiger partial charge >= 0.3 is 5.97 Å². The first-order valence-corrected chi connectivity index (χ1v) is 11.0. The molecule has 0 aliphatic carbocycles. The predicted octanol–water partition coefficient (Wildman–Crippen LogP) is 3.05. The second-order valence-electron chi connectivity index (χ2n) is 6.90. The molecule has 9 heteroatoms. The molecule has 30 heavy (non-hydrogen) atoms. The lowest BCUT2D eigenvalue weighted by molar-refractivity contribution is -0.131. The van der Waals surface area contributed by atoms with E-state index in [1.807, 2.05) is 0 Å². The van der Waals surface area contributed by atoms with Gasteiger partial charge in [-0.05, 0) is 55.3 Å². The zero-order chi connectivity index (χ0) is 21.7. The molecule has 0 radical (unpaired) electrons. The van der Waals surface area contributed by atoms with Crippen molar-refractivity contribution in [2.24, 2.45) is 0 Å². The Kier molecular flexibility index (Phi) is 6.73. The van der Waals surface area contributed by atoms with Crippen molar-refractivity contribution < 1.29 is 27.5 Å². The first kappa shape index (κ1) is 21.8. The van der Waals surface area contributed by atoms with Gasteiger partial charge in [-0.3, -0.25) is 9.59 Å². The molecule has 8 nitrogen and oxygen atoms in total. The average Bonchev–Trinajstić information content (AvgIpc) is 2.74. The third kappa shape index (κ3) is 4.98. The smallest absolute Gasteiger partial charge is 0.308 e. The maximum atomic E-state index is 13.0. The second-order valence-corrected chi connectivity index (χ2v) is 8.84. The van der Waals surface area contributed by atoms with E-state index in [2.05, 4.69) is 5.32 Å². The third-order valence-electron chi connectivity index (χ3n) is 4.75. The minimum Gasteiger partial charge on any atom is -0.495 e. The van der Waals surface area contributed by atoms with Gasteiger partial charge in [0.1, 0.15) is 11.5 Å². The van der Waals surface area contributed by atoms with Gasteiger partial charge in [0.15, 0.2) is 0 Å². The molecule has 0 atom stereocenters. The fourth-order valence-electron chi connectivity index (χ4n) is 3.23. The van der Waals surface area contributed by atoms with E-state index in [1.165, 1.54) is 60.8 Å². The van der Waals surface area contributed by atoms with Gasteiger partial charge < -0.3 is 14.8 Å². The highest BCUT2D eigenvalue weighted by molar-refractivity contribution is 7.89. The van der Waals surface area contributed by atoms with Crippen LogP contribution in [0.25, 0.3) is 0 Å². The monoisotopic (exact) mass is 432 g/mol. The highest BCUT2D eigenvalue weighted by Crippen LogP contribution is 2.30. The van der Waals surface area contributed by atoms with Crippen LogP contribution in [0.5, 0.6) is 11.5 Å². The molecule has 0 saturated carbocycles. The Morgan fingerprint density at radius 1 is 1.00 bits per heavy atom. The number of piperidine rings is 1. The van der Waals surface area contributed by atoms with Gasteiger partial charge in [0.2, 0.25) is 10.0 Å². The number of nitrogens with one attached hydrogen (secondary N) is 1. The highest BCUT2D eigenvalue weighted by Gasteiger charge is 2.27. The van der Waals surface area contributed by atoms with Gasteiger partial charge in [-0.2, -0.15) is 4.31 Å². The van der Waals surface area contributed by atoms with E-state index in [0.29, 0.717) is 30.2 Å². The summed E-state index contributed by atoms with van der Waals surface area (Å²) in [4.78, 5) is 23.7. The number of sulfonamides is 1. The standard InChI is InChI=1S/C21H24N2O6S/c1-15(24)29-17-8-6-16(7-9-17)21(25)22-19-14-18(10-11-20(19)28-2)30(26,27)23-12-4-3-5-13-23/h6-11,14H,3-5,12-13H2,1-2H3,(H,22,25). The predicted molar refractivity (Wildman–Crippen MR) is 111 cm³/mol. The molecular formula is C21H24N2O6S. The molecule has 1 aliphatic heterocycles. The summed E-state index contributed by atoms with van der Waals surface area (Å²) in [6.07, 6.45) is 2.69. The van der Waals surface area contributed by atoms with Crippen LogP contribution >= 0.6 is 0 Å². The summed E-state index contributed by atoms with van der Waals surface area (Å²) in [7, 11) is -2.21. The molecule has 1 fully saturated rings. The molecule has 1 aliphatic rings. The Bertz CT molecular complexity index is 1030. The van der Waals surface area contributed by atoms with Crippen LogP contribution in [0.15, 0.2) is 47.4 Å². The molecular weight excluding hydrogens is 408 g/mol. The first-order valence-electron chi connectivity index (χ1n) is 9.59. The van der Waals surface area contributed by atoms with E-state index >= 15 is 0 Å². The van der Waals surface area contributed by atoms with Crippen molar-refractivity contribution in [3.05, 3.63) is 48.0 Å². The van der Waals surface area contributed by atoms with Crippen LogP contribution < -0.4 is 14.8 Å². The molecule has 1 amide bonds. The van der Waals surface area contributed by atoms with Gasteiger partial charge in [-0.1, -0.05) is 6.42 Å². The summed E-state index contributed by atoms with van der Waals surface area (Å²) in [6.45, 7) is 2.27. The largest absolute Gasteiger partial charge is 0.495 e. The number of anilines is 1. The minimum atomic E-state index is -3.65. The van der Waals surface area contributed by atoms with Crippen molar-refractivity contribution in [1.29, 1.82) is 0 Å². The Hall–Kier alpha value is -2.91. The number of hydrogen-bond donors (Lipinski definition) is 1. The van der Waals surface area contributed by atoms with Crippen molar-refractivity contribution >= 4 is 27.6 Å². The van der Waals surface area contributed by atoms with E-state index in [9.17, 15) is 18.0 Å². The van der Waals surface area contributed by atoms with Crippen LogP contribution in [0.3, 0.4) is 0 Å². The minimum absolute atomic E-state index is 0.103. The summed E-state index contributed by atoms with van der Waals surface area (Å²) in [5, 5.41) is 2.70. The number of carbonyl (C=O) groups is 2. The van der Waals surface area contributed by atoms with Gasteiger partial charge in [0.25, 0.3) is 5.91 Å². The molecule has 1 N–H and O–H groups in total.